The molecule has 0 saturated heterocycles. The van der Waals surface area contributed by atoms with E-state index in [0.29, 0.717) is 5.95 Å². The third-order valence-corrected chi connectivity index (χ3v) is 2.94. The van der Waals surface area contributed by atoms with Crippen molar-refractivity contribution < 1.29 is 0 Å². The molecule has 0 spiro atoms. The second kappa shape index (κ2) is 4.35. The van der Waals surface area contributed by atoms with E-state index in [1.54, 1.807) is 23.1 Å². The number of rotatable bonds is 4. The molecule has 0 unspecified atom stereocenters. The summed E-state index contributed by atoms with van der Waals surface area (Å²) in [5.74, 6) is 0.684. The maximum absolute atomic E-state index is 4.37. The molecule has 0 amide bonds. The molecule has 0 bridgehead atoms. The minimum atomic E-state index is 0.684. The van der Waals surface area contributed by atoms with Gasteiger partial charge in [-0.1, -0.05) is 5.10 Å². The van der Waals surface area contributed by atoms with Crippen molar-refractivity contribution in [3.63, 3.8) is 0 Å². The molecule has 2 heterocycles. The van der Waals surface area contributed by atoms with Crippen molar-refractivity contribution in [3.05, 3.63) is 16.1 Å². The van der Waals surface area contributed by atoms with Crippen molar-refractivity contribution in [1.82, 2.24) is 25.2 Å². The van der Waals surface area contributed by atoms with Gasteiger partial charge in [-0.25, -0.2) is 9.67 Å². The summed E-state index contributed by atoms with van der Waals surface area (Å²) in [6.07, 6.45) is 0.894. The number of tetrazole rings is 1. The van der Waals surface area contributed by atoms with Gasteiger partial charge in [0.05, 0.1) is 5.01 Å². The first kappa shape index (κ1) is 10.0. The Labute approximate surface area is 91.3 Å². The number of aromatic nitrogens is 5. The highest BCUT2D eigenvalue weighted by Crippen LogP contribution is 2.09. The fourth-order valence-corrected chi connectivity index (χ4v) is 1.95. The van der Waals surface area contributed by atoms with Crippen molar-refractivity contribution in [1.29, 1.82) is 0 Å². The first-order valence-electron chi connectivity index (χ1n) is 4.63. The topological polar surface area (TPSA) is 68.5 Å². The van der Waals surface area contributed by atoms with Crippen LogP contribution in [-0.2, 0) is 13.5 Å². The lowest BCUT2D eigenvalue weighted by molar-refractivity contribution is 0.712. The van der Waals surface area contributed by atoms with Crippen LogP contribution in [0.4, 0.5) is 5.95 Å². The monoisotopic (exact) mass is 224 g/mol. The zero-order chi connectivity index (χ0) is 10.7. The van der Waals surface area contributed by atoms with Gasteiger partial charge in [0, 0.05) is 31.1 Å². The van der Waals surface area contributed by atoms with Crippen LogP contribution in [0, 0.1) is 6.92 Å². The number of aryl methyl sites for hydroxylation is 2. The lowest BCUT2D eigenvalue weighted by Crippen LogP contribution is -2.09. The largest absolute Gasteiger partial charge is 0.353 e. The molecule has 80 valence electrons. The zero-order valence-corrected chi connectivity index (χ0v) is 9.45. The Morgan fingerprint density at radius 3 is 3.00 bits per heavy atom. The van der Waals surface area contributed by atoms with E-state index in [2.05, 4.69) is 31.2 Å². The molecule has 0 aromatic carbocycles. The standard InChI is InChI=1S/C8H12N6S/c1-6-5-15-7(10-6)3-4-9-8-11-12-13-14(8)2/h5H,3-4H2,1-2H3,(H,9,11,13). The van der Waals surface area contributed by atoms with Crippen LogP contribution in [0.25, 0.3) is 0 Å². The first-order valence-corrected chi connectivity index (χ1v) is 5.51. The number of nitrogens with zero attached hydrogens (tertiary/aromatic N) is 5. The van der Waals surface area contributed by atoms with E-state index < -0.39 is 0 Å². The molecule has 2 rings (SSSR count). The minimum absolute atomic E-state index is 0.684. The Morgan fingerprint density at radius 2 is 2.40 bits per heavy atom. The fourth-order valence-electron chi connectivity index (χ4n) is 1.18. The molecule has 0 aliphatic carbocycles. The summed E-state index contributed by atoms with van der Waals surface area (Å²) in [4.78, 5) is 4.37. The number of hydrogen-bond acceptors (Lipinski definition) is 6. The summed E-state index contributed by atoms with van der Waals surface area (Å²) < 4.78 is 1.60. The molecule has 0 atom stereocenters. The summed E-state index contributed by atoms with van der Waals surface area (Å²) in [5.41, 5.74) is 1.08. The van der Waals surface area contributed by atoms with Crippen LogP contribution in [0.1, 0.15) is 10.7 Å². The van der Waals surface area contributed by atoms with Crippen molar-refractivity contribution in [2.75, 3.05) is 11.9 Å². The number of thiazole rings is 1. The summed E-state index contributed by atoms with van der Waals surface area (Å²) in [7, 11) is 1.80. The molecule has 0 radical (unpaired) electrons. The SMILES string of the molecule is Cc1csc(CCNc2nnnn2C)n1. The summed E-state index contributed by atoms with van der Waals surface area (Å²) in [6.45, 7) is 2.79. The van der Waals surface area contributed by atoms with Crippen LogP contribution < -0.4 is 5.32 Å². The zero-order valence-electron chi connectivity index (χ0n) is 8.64. The van der Waals surface area contributed by atoms with Gasteiger partial charge < -0.3 is 5.32 Å². The molecule has 0 aliphatic heterocycles. The van der Waals surface area contributed by atoms with Gasteiger partial charge in [0.2, 0.25) is 5.95 Å². The molecule has 2 aromatic rings. The van der Waals surface area contributed by atoms with Crippen LogP contribution in [0.2, 0.25) is 0 Å². The van der Waals surface area contributed by atoms with Gasteiger partial charge in [-0.3, -0.25) is 0 Å². The average molecular weight is 224 g/mol. The Balaban J connectivity index is 1.83. The molecule has 7 heteroatoms. The van der Waals surface area contributed by atoms with E-state index in [1.807, 2.05) is 6.92 Å². The van der Waals surface area contributed by atoms with Crippen LogP contribution in [0.5, 0.6) is 0 Å². The molecule has 0 fully saturated rings. The molecule has 2 aromatic heterocycles. The summed E-state index contributed by atoms with van der Waals surface area (Å²) in [6, 6.07) is 0. The van der Waals surface area contributed by atoms with Gasteiger partial charge in [0.1, 0.15) is 0 Å². The second-order valence-electron chi connectivity index (χ2n) is 3.19. The maximum atomic E-state index is 4.37. The Hall–Kier alpha value is -1.50. The number of hydrogen-bond donors (Lipinski definition) is 1. The van der Waals surface area contributed by atoms with Gasteiger partial charge >= 0.3 is 0 Å². The third kappa shape index (κ3) is 2.50. The lowest BCUT2D eigenvalue weighted by atomic mass is 10.4. The van der Waals surface area contributed by atoms with Crippen LogP contribution in [-0.4, -0.2) is 31.7 Å². The maximum Gasteiger partial charge on any atom is 0.242 e. The predicted molar refractivity (Wildman–Crippen MR) is 57.8 cm³/mol. The van der Waals surface area contributed by atoms with Gasteiger partial charge in [0.15, 0.2) is 0 Å². The van der Waals surface area contributed by atoms with E-state index in [4.69, 9.17) is 0 Å². The number of anilines is 1. The van der Waals surface area contributed by atoms with E-state index in [-0.39, 0.29) is 0 Å². The summed E-state index contributed by atoms with van der Waals surface area (Å²) in [5, 5.41) is 17.4. The van der Waals surface area contributed by atoms with Gasteiger partial charge in [-0.15, -0.1) is 11.3 Å². The highest BCUT2D eigenvalue weighted by molar-refractivity contribution is 7.09. The second-order valence-corrected chi connectivity index (χ2v) is 4.13. The Kier molecular flexibility index (Phi) is 2.91. The highest BCUT2D eigenvalue weighted by Gasteiger charge is 2.02. The Bertz CT molecular complexity index is 434. The van der Waals surface area contributed by atoms with Crippen LogP contribution in [0.3, 0.4) is 0 Å². The summed E-state index contributed by atoms with van der Waals surface area (Å²) >= 11 is 1.68. The molecule has 0 aliphatic rings. The molecular formula is C8H12N6S. The average Bonchev–Trinajstić information content (AvgIpc) is 2.77. The molecule has 15 heavy (non-hydrogen) atoms. The van der Waals surface area contributed by atoms with Crippen molar-refractivity contribution in [2.45, 2.75) is 13.3 Å². The number of nitrogens with one attached hydrogen (secondary N) is 1. The molecule has 0 saturated carbocycles. The van der Waals surface area contributed by atoms with Crippen molar-refractivity contribution in [3.8, 4) is 0 Å². The van der Waals surface area contributed by atoms with E-state index >= 15 is 0 Å². The van der Waals surface area contributed by atoms with Crippen LogP contribution >= 0.6 is 11.3 Å². The van der Waals surface area contributed by atoms with Gasteiger partial charge in [-0.05, 0) is 17.4 Å². The fraction of sp³-hybridized carbons (Fsp3) is 0.500. The van der Waals surface area contributed by atoms with E-state index in [0.717, 1.165) is 23.7 Å². The smallest absolute Gasteiger partial charge is 0.242 e. The van der Waals surface area contributed by atoms with Crippen molar-refractivity contribution in [2.24, 2.45) is 7.05 Å². The predicted octanol–water partition coefficient (Wildman–Crippen LogP) is 0.630. The third-order valence-electron chi connectivity index (χ3n) is 1.91. The molecule has 6 nitrogen and oxygen atoms in total. The first-order chi connectivity index (χ1) is 7.25. The van der Waals surface area contributed by atoms with Gasteiger partial charge in [-0.2, -0.15) is 0 Å². The van der Waals surface area contributed by atoms with Gasteiger partial charge in [0.25, 0.3) is 0 Å². The van der Waals surface area contributed by atoms with Crippen molar-refractivity contribution >= 4 is 17.3 Å². The Morgan fingerprint density at radius 1 is 1.53 bits per heavy atom. The van der Waals surface area contributed by atoms with E-state index in [1.165, 1.54) is 0 Å². The molecular weight excluding hydrogens is 212 g/mol. The normalized spacial score (nSPS) is 10.5. The van der Waals surface area contributed by atoms with E-state index in [9.17, 15) is 0 Å². The lowest BCUT2D eigenvalue weighted by Gasteiger charge is -2.01. The molecule has 1 N–H and O–H groups in total. The van der Waals surface area contributed by atoms with Crippen LogP contribution in [0.15, 0.2) is 5.38 Å². The minimum Gasteiger partial charge on any atom is -0.353 e. The highest BCUT2D eigenvalue weighted by atomic mass is 32.1. The quantitative estimate of drug-likeness (QED) is 0.825.